The first kappa shape index (κ1) is 20.7. The van der Waals surface area contributed by atoms with Gasteiger partial charge >= 0.3 is 0 Å². The Kier molecular flexibility index (Phi) is 6.19. The third-order valence-electron chi connectivity index (χ3n) is 7.57. The van der Waals surface area contributed by atoms with Gasteiger partial charge in [-0.2, -0.15) is 0 Å². The first-order valence-corrected chi connectivity index (χ1v) is 11.1. The van der Waals surface area contributed by atoms with Crippen molar-refractivity contribution in [1.82, 2.24) is 0 Å². The Bertz CT molecular complexity index is 725. The summed E-state index contributed by atoms with van der Waals surface area (Å²) in [4.78, 5) is 3.86. The highest BCUT2D eigenvalue weighted by molar-refractivity contribution is 5.50. The summed E-state index contributed by atoms with van der Waals surface area (Å²) >= 11 is 0. The summed E-state index contributed by atoms with van der Waals surface area (Å²) < 4.78 is 11.3. The summed E-state index contributed by atoms with van der Waals surface area (Å²) in [5.74, 6) is 2.45. The Balaban J connectivity index is 1.17. The van der Waals surface area contributed by atoms with E-state index in [1.807, 2.05) is 12.1 Å². The number of ether oxygens (including phenoxy) is 2. The Morgan fingerprint density at radius 3 is 2.76 bits per heavy atom. The number of aliphatic hydroxyl groups excluding tert-OH is 1. The van der Waals surface area contributed by atoms with Gasteiger partial charge in [0.25, 0.3) is 0 Å². The first-order valence-electron chi connectivity index (χ1n) is 11.1. The summed E-state index contributed by atoms with van der Waals surface area (Å²) in [6, 6.07) is 8.26. The van der Waals surface area contributed by atoms with Gasteiger partial charge in [0.1, 0.15) is 18.4 Å². The summed E-state index contributed by atoms with van der Waals surface area (Å²) in [5, 5.41) is 10.5. The average molecular weight is 402 g/mol. The van der Waals surface area contributed by atoms with Gasteiger partial charge in [0.05, 0.1) is 46.5 Å². The molecule has 5 rings (SSSR count). The van der Waals surface area contributed by atoms with Crippen LogP contribution in [0.2, 0.25) is 0 Å². The first-order chi connectivity index (χ1) is 14.0. The molecule has 3 aliphatic carbocycles. The standard InChI is InChI=1S/C24H36N2O3/c1-24(2)19-8-7-18(23(24)13-19)16-29-17-21(27)15-25-9-11-26(12-10-25)20-5-4-6-22(14-20)28-3/h4-7,14,19,21,23,27H,8-13,15-17H2,1-3H3/p+1/t19-,21-,23-/m1/s1. The normalized spacial score (nSPS) is 27.2. The average Bonchev–Trinajstić information content (AvgIpc) is 2.74. The largest absolute Gasteiger partial charge is 0.497 e. The summed E-state index contributed by atoms with van der Waals surface area (Å²) in [6.07, 6.45) is 4.53. The maximum absolute atomic E-state index is 10.5. The van der Waals surface area contributed by atoms with Crippen molar-refractivity contribution in [3.05, 3.63) is 35.9 Å². The third kappa shape index (κ3) is 4.47. The SMILES string of the molecule is COc1cccc(N2CC[NH+](C[C@@H](O)COCC3=CC[C@@H]4C[C@H]3C4(C)C)CC2)c1. The molecule has 1 saturated heterocycles. The van der Waals surface area contributed by atoms with E-state index in [-0.39, 0.29) is 6.10 Å². The minimum absolute atomic E-state index is 0.389. The Hall–Kier alpha value is -1.56. The molecule has 1 aliphatic heterocycles. The monoisotopic (exact) mass is 401 g/mol. The number of anilines is 1. The van der Waals surface area contributed by atoms with Crippen LogP contribution in [0.25, 0.3) is 0 Å². The molecule has 0 aromatic heterocycles. The lowest BCUT2D eigenvalue weighted by Crippen LogP contribution is -3.16. The molecule has 4 aliphatic rings. The molecule has 1 aromatic rings. The van der Waals surface area contributed by atoms with Gasteiger partial charge in [0, 0.05) is 11.8 Å². The molecular weight excluding hydrogens is 364 g/mol. The van der Waals surface area contributed by atoms with E-state index in [1.54, 1.807) is 7.11 Å². The van der Waals surface area contributed by atoms with Crippen molar-refractivity contribution in [2.45, 2.75) is 32.8 Å². The second-order valence-electron chi connectivity index (χ2n) is 9.63. The van der Waals surface area contributed by atoms with Crippen LogP contribution < -0.4 is 14.5 Å². The molecule has 0 unspecified atom stereocenters. The van der Waals surface area contributed by atoms with E-state index in [1.165, 1.54) is 29.0 Å². The van der Waals surface area contributed by atoms with Crippen LogP contribution in [0, 0.1) is 17.3 Å². The lowest BCUT2D eigenvalue weighted by molar-refractivity contribution is -0.903. The van der Waals surface area contributed by atoms with Crippen LogP contribution in [-0.4, -0.2) is 64.3 Å². The maximum atomic E-state index is 10.5. The summed E-state index contributed by atoms with van der Waals surface area (Å²) in [6.45, 7) is 10.8. The highest BCUT2D eigenvalue weighted by Crippen LogP contribution is 2.59. The third-order valence-corrected chi connectivity index (χ3v) is 7.57. The number of fused-ring (bicyclic) bond motifs is 1. The van der Waals surface area contributed by atoms with Crippen molar-refractivity contribution in [2.75, 3.05) is 57.9 Å². The van der Waals surface area contributed by atoms with Crippen molar-refractivity contribution >= 4 is 5.69 Å². The number of hydrogen-bond donors (Lipinski definition) is 2. The van der Waals surface area contributed by atoms with Gasteiger partial charge in [0.15, 0.2) is 0 Å². The van der Waals surface area contributed by atoms with Gasteiger partial charge in [-0.25, -0.2) is 0 Å². The minimum Gasteiger partial charge on any atom is -0.497 e. The number of rotatable bonds is 8. The Morgan fingerprint density at radius 2 is 2.07 bits per heavy atom. The van der Waals surface area contributed by atoms with Gasteiger partial charge in [-0.3, -0.25) is 0 Å². The predicted octanol–water partition coefficient (Wildman–Crippen LogP) is 1.77. The van der Waals surface area contributed by atoms with Crippen molar-refractivity contribution < 1.29 is 19.5 Å². The highest BCUT2D eigenvalue weighted by Gasteiger charge is 2.50. The number of piperazine rings is 1. The number of hydrogen-bond acceptors (Lipinski definition) is 4. The van der Waals surface area contributed by atoms with Crippen LogP contribution in [-0.2, 0) is 4.74 Å². The fraction of sp³-hybridized carbons (Fsp3) is 0.667. The molecule has 160 valence electrons. The number of benzene rings is 1. The number of nitrogens with zero attached hydrogens (tertiary/aromatic N) is 1. The van der Waals surface area contributed by atoms with E-state index in [2.05, 4.69) is 37.0 Å². The van der Waals surface area contributed by atoms with Crippen molar-refractivity contribution in [1.29, 1.82) is 0 Å². The molecule has 2 N–H and O–H groups in total. The summed E-state index contributed by atoms with van der Waals surface area (Å²) in [5.41, 5.74) is 3.12. The zero-order valence-corrected chi connectivity index (χ0v) is 18.2. The maximum Gasteiger partial charge on any atom is 0.126 e. The number of nitrogens with one attached hydrogen (secondary N) is 1. The lowest BCUT2D eigenvalue weighted by atomic mass is 9.49. The fourth-order valence-corrected chi connectivity index (χ4v) is 5.44. The molecule has 3 atom stereocenters. The van der Waals surface area contributed by atoms with Crippen LogP contribution in [0.4, 0.5) is 5.69 Å². The van der Waals surface area contributed by atoms with Gasteiger partial charge in [-0.1, -0.05) is 26.0 Å². The molecule has 2 bridgehead atoms. The topological polar surface area (TPSA) is 46.4 Å². The van der Waals surface area contributed by atoms with Crippen molar-refractivity contribution in [2.24, 2.45) is 17.3 Å². The molecule has 5 heteroatoms. The van der Waals surface area contributed by atoms with Gasteiger partial charge in [-0.15, -0.1) is 0 Å². The molecule has 0 spiro atoms. The molecule has 0 amide bonds. The lowest BCUT2D eigenvalue weighted by Gasteiger charge is -2.56. The highest BCUT2D eigenvalue weighted by atomic mass is 16.5. The minimum atomic E-state index is -0.389. The zero-order valence-electron chi connectivity index (χ0n) is 18.2. The number of methoxy groups -OCH3 is 1. The molecule has 29 heavy (non-hydrogen) atoms. The van der Waals surface area contributed by atoms with Crippen LogP contribution in [0.1, 0.15) is 26.7 Å². The predicted molar refractivity (Wildman–Crippen MR) is 116 cm³/mol. The summed E-state index contributed by atoms with van der Waals surface area (Å²) in [7, 11) is 1.71. The van der Waals surface area contributed by atoms with Crippen LogP contribution in [0.15, 0.2) is 35.9 Å². The van der Waals surface area contributed by atoms with Gasteiger partial charge in [-0.05, 0) is 47.8 Å². The van der Waals surface area contributed by atoms with E-state index in [0.29, 0.717) is 24.5 Å². The Morgan fingerprint density at radius 1 is 1.28 bits per heavy atom. The zero-order chi connectivity index (χ0) is 20.4. The molecule has 1 heterocycles. The van der Waals surface area contributed by atoms with Gasteiger partial charge < -0.3 is 24.4 Å². The van der Waals surface area contributed by atoms with E-state index >= 15 is 0 Å². The second kappa shape index (κ2) is 8.66. The second-order valence-corrected chi connectivity index (χ2v) is 9.63. The van der Waals surface area contributed by atoms with Crippen LogP contribution in [0.5, 0.6) is 5.75 Å². The number of aliphatic hydroxyl groups is 1. The van der Waals surface area contributed by atoms with E-state index < -0.39 is 0 Å². The van der Waals surface area contributed by atoms with E-state index in [9.17, 15) is 5.11 Å². The molecule has 5 nitrogen and oxygen atoms in total. The van der Waals surface area contributed by atoms with Gasteiger partial charge in [0.2, 0.25) is 0 Å². The molecular formula is C24H37N2O3+. The van der Waals surface area contributed by atoms with Crippen LogP contribution >= 0.6 is 0 Å². The number of quaternary nitrogens is 1. The Labute approximate surface area is 175 Å². The quantitative estimate of drug-likeness (QED) is 0.652. The van der Waals surface area contributed by atoms with E-state index in [4.69, 9.17) is 9.47 Å². The molecule has 1 saturated carbocycles. The van der Waals surface area contributed by atoms with Crippen LogP contribution in [0.3, 0.4) is 0 Å². The molecule has 2 fully saturated rings. The smallest absolute Gasteiger partial charge is 0.126 e. The molecule has 0 radical (unpaired) electrons. The van der Waals surface area contributed by atoms with E-state index in [0.717, 1.165) is 44.4 Å². The van der Waals surface area contributed by atoms with Crippen molar-refractivity contribution in [3.63, 3.8) is 0 Å². The fourth-order valence-electron chi connectivity index (χ4n) is 5.44. The number of allylic oxidation sites excluding steroid dienone is 1. The molecule has 1 aromatic carbocycles. The van der Waals surface area contributed by atoms with Crippen molar-refractivity contribution in [3.8, 4) is 5.75 Å².